The van der Waals surface area contributed by atoms with E-state index in [1.54, 1.807) is 0 Å². The second kappa shape index (κ2) is 1.77. The average Bonchev–Trinajstić information content (AvgIpc) is 1.77. The van der Waals surface area contributed by atoms with Crippen molar-refractivity contribution in [3.05, 3.63) is 12.5 Å². The van der Waals surface area contributed by atoms with Gasteiger partial charge in [0.2, 0.25) is 0 Å². The highest BCUT2D eigenvalue weighted by Crippen LogP contribution is 2.38. The van der Waals surface area contributed by atoms with Crippen LogP contribution in [0.1, 0.15) is 0 Å². The van der Waals surface area contributed by atoms with Crippen molar-refractivity contribution < 1.29 is 27.0 Å². The van der Waals surface area contributed by atoms with E-state index in [-0.39, 0.29) is 0 Å². The summed E-state index contributed by atoms with van der Waals surface area (Å²) in [4.78, 5) is 0. The minimum atomic E-state index is -4.57. The molecule has 0 aromatic carbocycles. The van der Waals surface area contributed by atoms with Gasteiger partial charge in [-0.05, 0) is 0 Å². The first-order chi connectivity index (χ1) is 4.46. The third-order valence-corrected chi connectivity index (χ3v) is 0.826. The summed E-state index contributed by atoms with van der Waals surface area (Å²) in [6, 6.07) is 0. The molecule has 10 heavy (non-hydrogen) atoms. The second-order valence-electron chi connectivity index (χ2n) is 1.54. The van der Waals surface area contributed by atoms with Crippen LogP contribution in [0.25, 0.3) is 0 Å². The first-order valence-corrected chi connectivity index (χ1v) is 2.22. The van der Waals surface area contributed by atoms with Crippen molar-refractivity contribution in [2.75, 3.05) is 0 Å². The van der Waals surface area contributed by atoms with Crippen LogP contribution < -0.4 is 0 Å². The Morgan fingerprint density at radius 3 is 1.30 bits per heavy atom. The maximum atomic E-state index is 11.8. The molecule has 0 aromatic rings. The van der Waals surface area contributed by atoms with Crippen molar-refractivity contribution in [3.8, 4) is 0 Å². The standard InChI is InChI=1S/C4H2F4O2/c5-3(6)4(7,8)10-2-1-9-3/h1-2H. The van der Waals surface area contributed by atoms with Gasteiger partial charge in [0, 0.05) is 0 Å². The van der Waals surface area contributed by atoms with Crippen molar-refractivity contribution in [3.63, 3.8) is 0 Å². The molecular formula is C4H2F4O2. The fraction of sp³-hybridized carbons (Fsp3) is 0.500. The lowest BCUT2D eigenvalue weighted by molar-refractivity contribution is -0.417. The fourth-order valence-corrected chi connectivity index (χ4v) is 0.364. The number of hydrogen-bond acceptors (Lipinski definition) is 2. The molecule has 6 heteroatoms. The maximum absolute atomic E-state index is 11.8. The minimum Gasteiger partial charge on any atom is -0.430 e. The largest absolute Gasteiger partial charge is 0.507 e. The highest BCUT2D eigenvalue weighted by molar-refractivity contribution is 4.79. The number of halogens is 4. The zero-order valence-electron chi connectivity index (χ0n) is 4.48. The van der Waals surface area contributed by atoms with E-state index in [2.05, 4.69) is 9.47 Å². The topological polar surface area (TPSA) is 18.5 Å². The molecule has 58 valence electrons. The molecule has 1 aliphatic rings. The van der Waals surface area contributed by atoms with E-state index < -0.39 is 12.2 Å². The summed E-state index contributed by atoms with van der Waals surface area (Å²) < 4.78 is 53.9. The van der Waals surface area contributed by atoms with Gasteiger partial charge in [-0.15, -0.1) is 0 Å². The van der Waals surface area contributed by atoms with Crippen molar-refractivity contribution in [1.82, 2.24) is 0 Å². The summed E-state index contributed by atoms with van der Waals surface area (Å²) in [6.45, 7) is 0. The lowest BCUT2D eigenvalue weighted by Crippen LogP contribution is -2.44. The molecule has 0 amide bonds. The Morgan fingerprint density at radius 2 is 1.10 bits per heavy atom. The summed E-state index contributed by atoms with van der Waals surface area (Å²) in [5, 5.41) is 0. The fourth-order valence-electron chi connectivity index (χ4n) is 0.364. The molecule has 1 rings (SSSR count). The summed E-state index contributed by atoms with van der Waals surface area (Å²) >= 11 is 0. The van der Waals surface area contributed by atoms with Crippen LogP contribution in [0.4, 0.5) is 17.6 Å². The highest BCUT2D eigenvalue weighted by atomic mass is 19.3. The lowest BCUT2D eigenvalue weighted by atomic mass is 10.5. The predicted molar refractivity (Wildman–Crippen MR) is 21.2 cm³/mol. The smallest absolute Gasteiger partial charge is 0.430 e. The molecule has 0 N–H and O–H groups in total. The molecule has 0 aliphatic carbocycles. The van der Waals surface area contributed by atoms with Gasteiger partial charge in [-0.25, -0.2) is 0 Å². The van der Waals surface area contributed by atoms with Crippen LogP contribution in [0, 0.1) is 0 Å². The molecule has 1 aliphatic heterocycles. The van der Waals surface area contributed by atoms with Gasteiger partial charge in [0.1, 0.15) is 12.5 Å². The Morgan fingerprint density at radius 1 is 0.800 bits per heavy atom. The Hall–Kier alpha value is -0.940. The van der Waals surface area contributed by atoms with E-state index in [0.29, 0.717) is 12.5 Å². The van der Waals surface area contributed by atoms with Gasteiger partial charge in [-0.3, -0.25) is 0 Å². The molecule has 0 aromatic heterocycles. The Bertz CT molecular complexity index is 147. The zero-order valence-corrected chi connectivity index (χ0v) is 4.48. The first-order valence-electron chi connectivity index (χ1n) is 2.22. The number of rotatable bonds is 0. The molecule has 0 atom stereocenters. The summed E-state index contributed by atoms with van der Waals surface area (Å²) in [6.07, 6.45) is -8.42. The molecule has 0 saturated carbocycles. The Labute approximate surface area is 53.0 Å². The van der Waals surface area contributed by atoms with Crippen molar-refractivity contribution in [2.24, 2.45) is 0 Å². The molecule has 0 unspecified atom stereocenters. The van der Waals surface area contributed by atoms with E-state index in [0.717, 1.165) is 0 Å². The zero-order chi connectivity index (χ0) is 7.83. The molecule has 0 fully saturated rings. The quantitative estimate of drug-likeness (QED) is 0.499. The van der Waals surface area contributed by atoms with Gasteiger partial charge in [0.05, 0.1) is 0 Å². The van der Waals surface area contributed by atoms with Crippen molar-refractivity contribution in [1.29, 1.82) is 0 Å². The second-order valence-corrected chi connectivity index (χ2v) is 1.54. The number of ether oxygens (including phenoxy) is 2. The Balaban J connectivity index is 2.84. The third kappa shape index (κ3) is 0.891. The molecule has 1 heterocycles. The van der Waals surface area contributed by atoms with Crippen molar-refractivity contribution in [2.45, 2.75) is 12.2 Å². The number of alkyl halides is 4. The summed E-state index contributed by atoms with van der Waals surface area (Å²) in [5.41, 5.74) is 0. The molecule has 0 spiro atoms. The van der Waals surface area contributed by atoms with Crippen LogP contribution in [0.5, 0.6) is 0 Å². The number of hydrogen-bond donors (Lipinski definition) is 0. The van der Waals surface area contributed by atoms with E-state index in [1.807, 2.05) is 0 Å². The van der Waals surface area contributed by atoms with E-state index in [9.17, 15) is 17.6 Å². The summed E-state index contributed by atoms with van der Waals surface area (Å²) in [5.74, 6) is 0. The maximum Gasteiger partial charge on any atom is 0.507 e. The van der Waals surface area contributed by atoms with Crippen LogP contribution in [0.15, 0.2) is 12.5 Å². The molecular weight excluding hydrogens is 156 g/mol. The van der Waals surface area contributed by atoms with Gasteiger partial charge in [0.15, 0.2) is 0 Å². The van der Waals surface area contributed by atoms with E-state index in [4.69, 9.17) is 0 Å². The van der Waals surface area contributed by atoms with Crippen LogP contribution in [0.3, 0.4) is 0 Å². The van der Waals surface area contributed by atoms with Gasteiger partial charge >= 0.3 is 12.2 Å². The first kappa shape index (κ1) is 7.17. The third-order valence-electron chi connectivity index (χ3n) is 0.826. The van der Waals surface area contributed by atoms with Gasteiger partial charge in [-0.2, -0.15) is 17.6 Å². The average molecular weight is 158 g/mol. The molecule has 2 nitrogen and oxygen atoms in total. The van der Waals surface area contributed by atoms with Crippen LogP contribution in [0.2, 0.25) is 0 Å². The monoisotopic (exact) mass is 158 g/mol. The van der Waals surface area contributed by atoms with Crippen LogP contribution in [-0.2, 0) is 9.47 Å². The minimum absolute atomic E-state index is 0.359. The summed E-state index contributed by atoms with van der Waals surface area (Å²) in [7, 11) is 0. The molecule has 0 bridgehead atoms. The lowest BCUT2D eigenvalue weighted by Gasteiger charge is -2.26. The van der Waals surface area contributed by atoms with Gasteiger partial charge < -0.3 is 9.47 Å². The molecule has 0 radical (unpaired) electrons. The van der Waals surface area contributed by atoms with Gasteiger partial charge in [-0.1, -0.05) is 0 Å². The normalized spacial score (nSPS) is 26.8. The van der Waals surface area contributed by atoms with Crippen LogP contribution >= 0.6 is 0 Å². The Kier molecular flexibility index (Phi) is 1.27. The van der Waals surface area contributed by atoms with E-state index in [1.165, 1.54) is 0 Å². The highest BCUT2D eigenvalue weighted by Gasteiger charge is 2.63. The predicted octanol–water partition coefficient (Wildman–Crippen LogP) is 1.69. The molecule has 0 saturated heterocycles. The SMILES string of the molecule is FC1(F)OC=COC1(F)F. The van der Waals surface area contributed by atoms with Crippen LogP contribution in [-0.4, -0.2) is 12.2 Å². The van der Waals surface area contributed by atoms with Gasteiger partial charge in [0.25, 0.3) is 0 Å². The van der Waals surface area contributed by atoms with Crippen molar-refractivity contribution >= 4 is 0 Å². The van der Waals surface area contributed by atoms with E-state index >= 15 is 0 Å².